The standard InChI is InChI=1S/C22H29NSi/c1-15-20(23-22(2,3)4)19-17(16-11-8-7-9-12-16)13-10-14-18(19)21(15)24(5)6/h7-14,21,23-24H,1-6H3. The number of benzene rings is 2. The van der Waals surface area contributed by atoms with Crippen LogP contribution in [0.2, 0.25) is 13.1 Å². The molecule has 0 saturated carbocycles. The van der Waals surface area contributed by atoms with E-state index in [4.69, 9.17) is 0 Å². The van der Waals surface area contributed by atoms with Gasteiger partial charge >= 0.3 is 0 Å². The van der Waals surface area contributed by atoms with Gasteiger partial charge in [0.1, 0.15) is 0 Å². The topological polar surface area (TPSA) is 12.0 Å². The highest BCUT2D eigenvalue weighted by molar-refractivity contribution is 6.59. The van der Waals surface area contributed by atoms with Crippen molar-refractivity contribution in [1.82, 2.24) is 5.32 Å². The third-order valence-corrected chi connectivity index (χ3v) is 6.99. The largest absolute Gasteiger partial charge is 0.380 e. The second kappa shape index (κ2) is 6.25. The monoisotopic (exact) mass is 335 g/mol. The smallest absolute Gasteiger partial charge is 0.0440 e. The van der Waals surface area contributed by atoms with Crippen LogP contribution in [0.3, 0.4) is 0 Å². The SMILES string of the molecule is CC1=C(NC(C)(C)C)c2c(-c3ccccc3)cccc2C1[SiH](C)C. The average Bonchev–Trinajstić information content (AvgIpc) is 2.79. The fraction of sp³-hybridized carbons (Fsp3) is 0.364. The first-order chi connectivity index (χ1) is 11.3. The lowest BCUT2D eigenvalue weighted by atomic mass is 9.95. The number of rotatable bonds is 3. The summed E-state index contributed by atoms with van der Waals surface area (Å²) in [6, 6.07) is 17.7. The third-order valence-electron chi connectivity index (χ3n) is 4.79. The normalized spacial score (nSPS) is 17.4. The molecule has 126 valence electrons. The van der Waals surface area contributed by atoms with Crippen LogP contribution in [0.4, 0.5) is 0 Å². The van der Waals surface area contributed by atoms with Crippen molar-refractivity contribution in [3.8, 4) is 11.1 Å². The Hall–Kier alpha value is -1.80. The summed E-state index contributed by atoms with van der Waals surface area (Å²) >= 11 is 0. The van der Waals surface area contributed by atoms with Crippen molar-refractivity contribution in [1.29, 1.82) is 0 Å². The summed E-state index contributed by atoms with van der Waals surface area (Å²) in [4.78, 5) is 0. The molecule has 0 aromatic heterocycles. The Morgan fingerprint density at radius 3 is 2.17 bits per heavy atom. The van der Waals surface area contributed by atoms with E-state index in [0.717, 1.165) is 0 Å². The first kappa shape index (κ1) is 17.0. The van der Waals surface area contributed by atoms with E-state index in [9.17, 15) is 0 Å². The van der Waals surface area contributed by atoms with Gasteiger partial charge in [0.15, 0.2) is 0 Å². The Labute approximate surface area is 148 Å². The van der Waals surface area contributed by atoms with Crippen LogP contribution in [0.15, 0.2) is 54.1 Å². The minimum Gasteiger partial charge on any atom is -0.380 e. The van der Waals surface area contributed by atoms with Gasteiger partial charge in [-0.2, -0.15) is 0 Å². The van der Waals surface area contributed by atoms with Gasteiger partial charge in [-0.15, -0.1) is 0 Å². The molecule has 2 aromatic carbocycles. The fourth-order valence-electron chi connectivity index (χ4n) is 3.95. The number of hydrogen-bond donors (Lipinski definition) is 1. The zero-order chi connectivity index (χ0) is 17.5. The molecule has 0 spiro atoms. The lowest BCUT2D eigenvalue weighted by Gasteiger charge is -2.25. The molecule has 2 aromatic rings. The van der Waals surface area contributed by atoms with E-state index in [1.165, 1.54) is 33.5 Å². The maximum Gasteiger partial charge on any atom is 0.0440 e. The lowest BCUT2D eigenvalue weighted by molar-refractivity contribution is 0.500. The third kappa shape index (κ3) is 3.08. The van der Waals surface area contributed by atoms with Crippen LogP contribution in [0.25, 0.3) is 16.8 Å². The fourth-order valence-corrected chi connectivity index (χ4v) is 6.11. The molecule has 1 nitrogen and oxygen atoms in total. The Bertz CT molecular complexity index is 766. The summed E-state index contributed by atoms with van der Waals surface area (Å²) in [6.07, 6.45) is 0. The molecule has 0 aliphatic heterocycles. The Kier molecular flexibility index (Phi) is 4.44. The van der Waals surface area contributed by atoms with Crippen LogP contribution in [0, 0.1) is 0 Å². The zero-order valence-electron chi connectivity index (χ0n) is 15.8. The van der Waals surface area contributed by atoms with Crippen LogP contribution < -0.4 is 5.32 Å². The molecule has 0 fully saturated rings. The van der Waals surface area contributed by atoms with Gasteiger partial charge in [-0.05, 0) is 55.5 Å². The quantitative estimate of drug-likeness (QED) is 0.720. The minimum atomic E-state index is -0.837. The number of fused-ring (bicyclic) bond motifs is 1. The van der Waals surface area contributed by atoms with Gasteiger partial charge in [0.25, 0.3) is 0 Å². The summed E-state index contributed by atoms with van der Waals surface area (Å²) in [6.45, 7) is 14.0. The summed E-state index contributed by atoms with van der Waals surface area (Å²) < 4.78 is 0. The Morgan fingerprint density at radius 1 is 0.917 bits per heavy atom. The first-order valence-electron chi connectivity index (χ1n) is 8.97. The summed E-state index contributed by atoms with van der Waals surface area (Å²) in [5.74, 6) is 0. The zero-order valence-corrected chi connectivity index (χ0v) is 16.9. The van der Waals surface area contributed by atoms with E-state index in [1.807, 2.05) is 0 Å². The maximum atomic E-state index is 3.82. The van der Waals surface area contributed by atoms with Gasteiger partial charge in [-0.25, -0.2) is 0 Å². The van der Waals surface area contributed by atoms with Crippen molar-refractivity contribution in [3.05, 3.63) is 65.2 Å². The summed E-state index contributed by atoms with van der Waals surface area (Å²) in [7, 11) is -0.837. The number of hydrogen-bond acceptors (Lipinski definition) is 1. The van der Waals surface area contributed by atoms with Crippen molar-refractivity contribution in [2.24, 2.45) is 0 Å². The second-order valence-corrected chi connectivity index (χ2v) is 11.4. The molecule has 1 aliphatic carbocycles. The molecule has 3 rings (SSSR count). The summed E-state index contributed by atoms with van der Waals surface area (Å²) in [5, 5.41) is 3.82. The molecular weight excluding hydrogens is 306 g/mol. The van der Waals surface area contributed by atoms with Crippen LogP contribution in [-0.4, -0.2) is 14.3 Å². The maximum absolute atomic E-state index is 3.82. The Balaban J connectivity index is 2.24. The number of allylic oxidation sites excluding steroid dienone is 1. The molecule has 1 atom stereocenters. The lowest BCUT2D eigenvalue weighted by Crippen LogP contribution is -2.34. The molecule has 0 radical (unpaired) electrons. The van der Waals surface area contributed by atoms with Crippen LogP contribution in [0.5, 0.6) is 0 Å². The van der Waals surface area contributed by atoms with Crippen molar-refractivity contribution in [2.75, 3.05) is 0 Å². The van der Waals surface area contributed by atoms with Crippen LogP contribution in [-0.2, 0) is 0 Å². The molecule has 1 unspecified atom stereocenters. The first-order valence-corrected chi connectivity index (χ1v) is 11.9. The average molecular weight is 336 g/mol. The van der Waals surface area contributed by atoms with Gasteiger partial charge in [0.05, 0.1) is 0 Å². The molecule has 2 heteroatoms. The number of nitrogens with one attached hydrogen (secondary N) is 1. The predicted molar refractivity (Wildman–Crippen MR) is 109 cm³/mol. The molecular formula is C22H29NSi. The molecule has 0 heterocycles. The van der Waals surface area contributed by atoms with Gasteiger partial charge in [0, 0.05) is 25.6 Å². The molecule has 1 N–H and O–H groups in total. The molecule has 0 bridgehead atoms. The van der Waals surface area contributed by atoms with E-state index in [1.54, 1.807) is 0 Å². The van der Waals surface area contributed by atoms with E-state index < -0.39 is 8.80 Å². The Morgan fingerprint density at radius 2 is 1.58 bits per heavy atom. The van der Waals surface area contributed by atoms with Gasteiger partial charge in [-0.3, -0.25) is 0 Å². The van der Waals surface area contributed by atoms with Crippen molar-refractivity contribution < 1.29 is 0 Å². The minimum absolute atomic E-state index is 0.0606. The van der Waals surface area contributed by atoms with Crippen molar-refractivity contribution >= 4 is 14.5 Å². The highest BCUT2D eigenvalue weighted by atomic mass is 28.3. The second-order valence-electron chi connectivity index (χ2n) is 8.29. The van der Waals surface area contributed by atoms with Crippen LogP contribution in [0.1, 0.15) is 44.4 Å². The van der Waals surface area contributed by atoms with E-state index in [-0.39, 0.29) is 5.54 Å². The predicted octanol–water partition coefficient (Wildman–Crippen LogP) is 5.60. The van der Waals surface area contributed by atoms with Gasteiger partial charge in [0.2, 0.25) is 0 Å². The summed E-state index contributed by atoms with van der Waals surface area (Å²) in [5.41, 5.74) is 9.22. The van der Waals surface area contributed by atoms with E-state index >= 15 is 0 Å². The van der Waals surface area contributed by atoms with Crippen LogP contribution >= 0.6 is 0 Å². The molecule has 1 aliphatic rings. The molecule has 24 heavy (non-hydrogen) atoms. The van der Waals surface area contributed by atoms with Gasteiger partial charge < -0.3 is 5.32 Å². The van der Waals surface area contributed by atoms with E-state index in [2.05, 4.69) is 94.6 Å². The van der Waals surface area contributed by atoms with E-state index in [0.29, 0.717) is 5.54 Å². The van der Waals surface area contributed by atoms with Crippen molar-refractivity contribution in [2.45, 2.75) is 51.9 Å². The van der Waals surface area contributed by atoms with Crippen molar-refractivity contribution in [3.63, 3.8) is 0 Å². The molecule has 0 amide bonds. The highest BCUT2D eigenvalue weighted by Gasteiger charge is 2.34. The van der Waals surface area contributed by atoms with Gasteiger partial charge in [-0.1, -0.05) is 61.6 Å². The highest BCUT2D eigenvalue weighted by Crippen LogP contribution is 2.46. The molecule has 0 saturated heterocycles.